The van der Waals surface area contributed by atoms with E-state index in [1.807, 2.05) is 0 Å². The highest BCUT2D eigenvalue weighted by atomic mass is 32.1. The molecule has 1 aliphatic carbocycles. The van der Waals surface area contributed by atoms with Gasteiger partial charge in [-0.05, 0) is 12.8 Å². The van der Waals surface area contributed by atoms with E-state index in [-0.39, 0.29) is 11.4 Å². The first kappa shape index (κ1) is 10.5. The third kappa shape index (κ3) is 1.74. The van der Waals surface area contributed by atoms with Crippen molar-refractivity contribution in [2.45, 2.75) is 18.8 Å². The van der Waals surface area contributed by atoms with Crippen LogP contribution < -0.4 is 4.74 Å². The van der Waals surface area contributed by atoms with Crippen molar-refractivity contribution in [3.05, 3.63) is 27.3 Å². The lowest BCUT2D eigenvalue weighted by atomic mass is 10.3. The number of hydrogen-bond donors (Lipinski definition) is 0. The van der Waals surface area contributed by atoms with Gasteiger partial charge in [-0.3, -0.25) is 10.1 Å². The summed E-state index contributed by atoms with van der Waals surface area (Å²) in [6.45, 7) is 0. The summed E-state index contributed by atoms with van der Waals surface area (Å²) in [5.74, 6) is 0.840. The molecule has 5 nitrogen and oxygen atoms in total. The lowest BCUT2D eigenvalue weighted by molar-refractivity contribution is -0.385. The Morgan fingerprint density at radius 1 is 1.53 bits per heavy atom. The summed E-state index contributed by atoms with van der Waals surface area (Å²) in [5.41, 5.74) is 0.797. The number of nitrogens with zero attached hydrogens (tertiary/aromatic N) is 2. The van der Waals surface area contributed by atoms with E-state index in [9.17, 15) is 10.1 Å². The molecule has 0 unspecified atom stereocenters. The molecule has 0 bridgehead atoms. The molecular formula is C11H10N2O3S. The Morgan fingerprint density at radius 3 is 2.88 bits per heavy atom. The van der Waals surface area contributed by atoms with E-state index >= 15 is 0 Å². The van der Waals surface area contributed by atoms with Crippen LogP contribution in [0.5, 0.6) is 5.75 Å². The van der Waals surface area contributed by atoms with Crippen molar-refractivity contribution in [1.29, 1.82) is 0 Å². The Hall–Kier alpha value is -1.69. The summed E-state index contributed by atoms with van der Waals surface area (Å²) in [7, 11) is 1.43. The van der Waals surface area contributed by atoms with Crippen LogP contribution >= 0.6 is 11.3 Å². The summed E-state index contributed by atoms with van der Waals surface area (Å²) in [6, 6.07) is 3.20. The summed E-state index contributed by atoms with van der Waals surface area (Å²) < 4.78 is 5.88. The van der Waals surface area contributed by atoms with E-state index in [0.29, 0.717) is 5.92 Å². The normalized spacial score (nSPS) is 15.1. The zero-order valence-corrected chi connectivity index (χ0v) is 9.99. The van der Waals surface area contributed by atoms with Gasteiger partial charge in [-0.1, -0.05) is 0 Å². The van der Waals surface area contributed by atoms with Crippen molar-refractivity contribution in [3.8, 4) is 5.75 Å². The predicted octanol–water partition coefficient (Wildman–Crippen LogP) is 3.09. The largest absolute Gasteiger partial charge is 0.490 e. The molecule has 88 valence electrons. The summed E-state index contributed by atoms with van der Waals surface area (Å²) in [6.07, 6.45) is 2.36. The molecule has 2 aromatic rings. The van der Waals surface area contributed by atoms with Gasteiger partial charge in [0.05, 0.1) is 27.3 Å². The van der Waals surface area contributed by atoms with Gasteiger partial charge in [0.2, 0.25) is 0 Å². The fraction of sp³-hybridized carbons (Fsp3) is 0.364. The number of hydrogen-bond acceptors (Lipinski definition) is 5. The highest BCUT2D eigenvalue weighted by Crippen LogP contribution is 2.44. The van der Waals surface area contributed by atoms with Crippen molar-refractivity contribution in [1.82, 2.24) is 4.98 Å². The number of fused-ring (bicyclic) bond motifs is 1. The molecule has 0 amide bonds. The quantitative estimate of drug-likeness (QED) is 0.620. The molecule has 17 heavy (non-hydrogen) atoms. The van der Waals surface area contributed by atoms with E-state index in [2.05, 4.69) is 4.98 Å². The lowest BCUT2D eigenvalue weighted by Crippen LogP contribution is -1.93. The third-order valence-corrected chi connectivity index (χ3v) is 4.01. The number of nitro benzene ring substituents is 1. The number of rotatable bonds is 3. The summed E-state index contributed by atoms with van der Waals surface area (Å²) >= 11 is 1.55. The Morgan fingerprint density at radius 2 is 2.29 bits per heavy atom. The van der Waals surface area contributed by atoms with Crippen molar-refractivity contribution < 1.29 is 9.66 Å². The van der Waals surface area contributed by atoms with E-state index < -0.39 is 4.92 Å². The second-order valence-electron chi connectivity index (χ2n) is 4.08. The van der Waals surface area contributed by atoms with Gasteiger partial charge in [-0.15, -0.1) is 11.3 Å². The number of benzene rings is 1. The van der Waals surface area contributed by atoms with Crippen molar-refractivity contribution in [3.63, 3.8) is 0 Å². The minimum absolute atomic E-state index is 0.00555. The fourth-order valence-corrected chi connectivity index (χ4v) is 2.92. The molecule has 1 heterocycles. The predicted molar refractivity (Wildman–Crippen MR) is 64.8 cm³/mol. The van der Waals surface area contributed by atoms with Crippen molar-refractivity contribution in [2.24, 2.45) is 0 Å². The molecule has 0 saturated heterocycles. The van der Waals surface area contributed by atoms with Gasteiger partial charge in [0.25, 0.3) is 0 Å². The SMILES string of the molecule is COc1cc2nc(C3CC3)sc2cc1[N+](=O)[O-]. The van der Waals surface area contributed by atoms with Crippen LogP contribution in [-0.4, -0.2) is 17.0 Å². The molecule has 1 aliphatic rings. The molecular weight excluding hydrogens is 240 g/mol. The second-order valence-corrected chi connectivity index (χ2v) is 5.14. The zero-order valence-electron chi connectivity index (χ0n) is 9.17. The van der Waals surface area contributed by atoms with Crippen LogP contribution in [0, 0.1) is 10.1 Å². The molecule has 6 heteroatoms. The first-order valence-electron chi connectivity index (χ1n) is 5.32. The van der Waals surface area contributed by atoms with Crippen LogP contribution in [0.15, 0.2) is 12.1 Å². The molecule has 0 radical (unpaired) electrons. The Labute approximate surface area is 101 Å². The number of thiazole rings is 1. The summed E-state index contributed by atoms with van der Waals surface area (Å²) in [5, 5.41) is 12.0. The monoisotopic (exact) mass is 250 g/mol. The van der Waals surface area contributed by atoms with Crippen LogP contribution in [0.1, 0.15) is 23.8 Å². The highest BCUT2D eigenvalue weighted by molar-refractivity contribution is 7.18. The van der Waals surface area contributed by atoms with Crippen LogP contribution in [0.3, 0.4) is 0 Å². The fourth-order valence-electron chi connectivity index (χ4n) is 1.77. The maximum absolute atomic E-state index is 10.9. The lowest BCUT2D eigenvalue weighted by Gasteiger charge is -2.00. The van der Waals surface area contributed by atoms with E-state index in [4.69, 9.17) is 4.74 Å². The van der Waals surface area contributed by atoms with Gasteiger partial charge >= 0.3 is 5.69 Å². The topological polar surface area (TPSA) is 65.3 Å². The van der Waals surface area contributed by atoms with Crippen molar-refractivity contribution >= 4 is 27.2 Å². The first-order chi connectivity index (χ1) is 8.19. The highest BCUT2D eigenvalue weighted by Gasteiger charge is 2.28. The van der Waals surface area contributed by atoms with E-state index in [1.165, 1.54) is 20.0 Å². The molecule has 0 atom stereocenters. The first-order valence-corrected chi connectivity index (χ1v) is 6.13. The minimum atomic E-state index is -0.422. The average Bonchev–Trinajstić information content (AvgIpc) is 3.07. The molecule has 1 aromatic carbocycles. The number of methoxy groups -OCH3 is 1. The molecule has 0 N–H and O–H groups in total. The maximum atomic E-state index is 10.9. The average molecular weight is 250 g/mol. The molecule has 0 spiro atoms. The van der Waals surface area contributed by atoms with Gasteiger partial charge in [0, 0.05) is 18.1 Å². The Bertz CT molecular complexity index is 604. The maximum Gasteiger partial charge on any atom is 0.312 e. The zero-order chi connectivity index (χ0) is 12.0. The van der Waals surface area contributed by atoms with E-state index in [0.717, 1.165) is 15.2 Å². The second kappa shape index (κ2) is 3.66. The van der Waals surface area contributed by atoms with Gasteiger partial charge in [-0.25, -0.2) is 4.98 Å². The smallest absolute Gasteiger partial charge is 0.312 e. The molecule has 1 aromatic heterocycles. The van der Waals surface area contributed by atoms with Crippen molar-refractivity contribution in [2.75, 3.05) is 7.11 Å². The standard InChI is InChI=1S/C11H10N2O3S/c1-16-9-4-7-10(5-8(9)13(14)15)17-11(12-7)6-2-3-6/h4-6H,2-3H2,1H3. The molecule has 1 saturated carbocycles. The Kier molecular flexibility index (Phi) is 2.25. The Balaban J connectivity index is 2.18. The number of nitro groups is 1. The summed E-state index contributed by atoms with van der Waals surface area (Å²) in [4.78, 5) is 15.0. The van der Waals surface area contributed by atoms with Gasteiger partial charge in [0.15, 0.2) is 5.75 Å². The molecule has 0 aliphatic heterocycles. The van der Waals surface area contributed by atoms with Crippen LogP contribution in [0.4, 0.5) is 5.69 Å². The van der Waals surface area contributed by atoms with Crippen LogP contribution in [0.2, 0.25) is 0 Å². The third-order valence-electron chi connectivity index (χ3n) is 2.83. The number of ether oxygens (including phenoxy) is 1. The van der Waals surface area contributed by atoms with Gasteiger partial charge < -0.3 is 4.74 Å². The van der Waals surface area contributed by atoms with Gasteiger partial charge in [0.1, 0.15) is 0 Å². The molecule has 3 rings (SSSR count). The van der Waals surface area contributed by atoms with E-state index in [1.54, 1.807) is 23.5 Å². The minimum Gasteiger partial charge on any atom is -0.490 e. The van der Waals surface area contributed by atoms with Crippen LogP contribution in [0.25, 0.3) is 10.2 Å². The molecule has 1 fully saturated rings. The number of aromatic nitrogens is 1. The van der Waals surface area contributed by atoms with Crippen LogP contribution in [-0.2, 0) is 0 Å². The van der Waals surface area contributed by atoms with Gasteiger partial charge in [-0.2, -0.15) is 0 Å².